The van der Waals surface area contributed by atoms with Gasteiger partial charge in [0, 0.05) is 19.0 Å². The molecule has 2 unspecified atom stereocenters. The highest BCUT2D eigenvalue weighted by Crippen LogP contribution is 2.32. The molecule has 1 aromatic rings. The molecule has 1 aliphatic carbocycles. The van der Waals surface area contributed by atoms with Crippen LogP contribution in [0.25, 0.3) is 0 Å². The predicted octanol–water partition coefficient (Wildman–Crippen LogP) is 2.17. The Morgan fingerprint density at radius 1 is 1.47 bits per heavy atom. The van der Waals surface area contributed by atoms with Gasteiger partial charge in [-0.15, -0.1) is 0 Å². The van der Waals surface area contributed by atoms with Gasteiger partial charge in [0.15, 0.2) is 0 Å². The van der Waals surface area contributed by atoms with E-state index in [0.29, 0.717) is 24.4 Å². The highest BCUT2D eigenvalue weighted by atomic mass is 19.1. The number of hydrogen-bond acceptors (Lipinski definition) is 2. The summed E-state index contributed by atoms with van der Waals surface area (Å²) in [6.45, 7) is 2.34. The lowest BCUT2D eigenvalue weighted by Gasteiger charge is -2.18. The molecule has 0 spiro atoms. The summed E-state index contributed by atoms with van der Waals surface area (Å²) in [4.78, 5) is 12.0. The van der Waals surface area contributed by atoms with Crippen molar-refractivity contribution in [2.45, 2.75) is 38.1 Å². The number of carbonyl (C=O) groups is 1. The van der Waals surface area contributed by atoms with Crippen molar-refractivity contribution in [2.24, 2.45) is 11.7 Å². The number of nitrogens with two attached hydrogens (primary N) is 1. The molecule has 4 heteroatoms. The summed E-state index contributed by atoms with van der Waals surface area (Å²) in [5.41, 5.74) is 6.24. The van der Waals surface area contributed by atoms with E-state index in [1.807, 2.05) is 6.92 Å². The smallest absolute Gasteiger partial charge is 0.220 e. The van der Waals surface area contributed by atoms with Crippen LogP contribution in [0.4, 0.5) is 4.39 Å². The third kappa shape index (κ3) is 3.77. The Balaban J connectivity index is 1.89. The monoisotopic (exact) mass is 264 g/mol. The second kappa shape index (κ2) is 6.15. The maximum absolute atomic E-state index is 13.6. The Hall–Kier alpha value is -1.42. The van der Waals surface area contributed by atoms with E-state index in [9.17, 15) is 9.18 Å². The van der Waals surface area contributed by atoms with Gasteiger partial charge in [-0.25, -0.2) is 4.39 Å². The number of amides is 1. The van der Waals surface area contributed by atoms with Crippen molar-refractivity contribution < 1.29 is 9.18 Å². The molecule has 3 N–H and O–H groups in total. The topological polar surface area (TPSA) is 55.1 Å². The Morgan fingerprint density at radius 2 is 2.16 bits per heavy atom. The van der Waals surface area contributed by atoms with Crippen molar-refractivity contribution in [3.05, 3.63) is 35.6 Å². The molecule has 19 heavy (non-hydrogen) atoms. The molecule has 2 atom stereocenters. The molecule has 0 heterocycles. The molecule has 0 bridgehead atoms. The van der Waals surface area contributed by atoms with Crippen LogP contribution in [-0.4, -0.2) is 18.5 Å². The summed E-state index contributed by atoms with van der Waals surface area (Å²) in [6, 6.07) is 6.69. The minimum Gasteiger partial charge on any atom is -0.352 e. The van der Waals surface area contributed by atoms with E-state index in [0.717, 1.165) is 12.8 Å². The van der Waals surface area contributed by atoms with Crippen LogP contribution in [0.3, 0.4) is 0 Å². The van der Waals surface area contributed by atoms with Gasteiger partial charge in [0.25, 0.3) is 0 Å². The summed E-state index contributed by atoms with van der Waals surface area (Å²) < 4.78 is 13.6. The first-order chi connectivity index (χ1) is 9.11. The van der Waals surface area contributed by atoms with Gasteiger partial charge in [-0.1, -0.05) is 25.1 Å². The van der Waals surface area contributed by atoms with Gasteiger partial charge in [0.2, 0.25) is 5.91 Å². The van der Waals surface area contributed by atoms with Crippen LogP contribution in [0.5, 0.6) is 0 Å². The summed E-state index contributed by atoms with van der Waals surface area (Å²) in [6.07, 6.45) is 2.58. The standard InChI is InChI=1S/C15H21FN2O/c1-10(12-4-2-3-5-13(12)16)8-15(19)18-14(9-17)11-6-7-11/h2-5,10-11,14H,6-9,17H2,1H3,(H,18,19). The summed E-state index contributed by atoms with van der Waals surface area (Å²) in [7, 11) is 0. The second-order valence-electron chi connectivity index (χ2n) is 5.37. The molecule has 1 aromatic carbocycles. The summed E-state index contributed by atoms with van der Waals surface area (Å²) >= 11 is 0. The lowest BCUT2D eigenvalue weighted by molar-refractivity contribution is -0.122. The molecule has 1 fully saturated rings. The first kappa shape index (κ1) is 14.0. The molecule has 0 radical (unpaired) electrons. The quantitative estimate of drug-likeness (QED) is 0.827. The van der Waals surface area contributed by atoms with Crippen LogP contribution in [0, 0.1) is 11.7 Å². The Bertz CT molecular complexity index is 446. The minimum absolute atomic E-state index is 0.0434. The van der Waals surface area contributed by atoms with Crippen LogP contribution in [-0.2, 0) is 4.79 Å². The average Bonchev–Trinajstić information content (AvgIpc) is 3.20. The number of carbonyl (C=O) groups excluding carboxylic acids is 1. The number of benzene rings is 1. The van der Waals surface area contributed by atoms with Gasteiger partial charge in [0.05, 0.1) is 0 Å². The first-order valence-corrected chi connectivity index (χ1v) is 6.85. The minimum atomic E-state index is -0.250. The largest absolute Gasteiger partial charge is 0.352 e. The third-order valence-corrected chi connectivity index (χ3v) is 3.72. The van der Waals surface area contributed by atoms with E-state index in [2.05, 4.69) is 5.32 Å². The zero-order chi connectivity index (χ0) is 13.8. The van der Waals surface area contributed by atoms with Gasteiger partial charge in [-0.2, -0.15) is 0 Å². The fourth-order valence-electron chi connectivity index (χ4n) is 2.40. The molecule has 0 saturated heterocycles. The van der Waals surface area contributed by atoms with Gasteiger partial charge in [-0.05, 0) is 36.3 Å². The third-order valence-electron chi connectivity index (χ3n) is 3.72. The van der Waals surface area contributed by atoms with Gasteiger partial charge < -0.3 is 11.1 Å². The van der Waals surface area contributed by atoms with Gasteiger partial charge in [0.1, 0.15) is 5.82 Å². The zero-order valence-corrected chi connectivity index (χ0v) is 11.2. The Labute approximate surface area is 113 Å². The number of rotatable bonds is 6. The molecule has 104 valence electrons. The van der Waals surface area contributed by atoms with E-state index >= 15 is 0 Å². The molecule has 0 aromatic heterocycles. The lowest BCUT2D eigenvalue weighted by atomic mass is 9.96. The van der Waals surface area contributed by atoms with Crippen LogP contribution in [0.1, 0.15) is 37.7 Å². The Morgan fingerprint density at radius 3 is 2.74 bits per heavy atom. The SMILES string of the molecule is CC(CC(=O)NC(CN)C1CC1)c1ccccc1F. The van der Waals surface area contributed by atoms with Crippen molar-refractivity contribution >= 4 is 5.91 Å². The van der Waals surface area contributed by atoms with Gasteiger partial charge in [-0.3, -0.25) is 4.79 Å². The second-order valence-corrected chi connectivity index (χ2v) is 5.37. The average molecular weight is 264 g/mol. The highest BCUT2D eigenvalue weighted by molar-refractivity contribution is 5.77. The van der Waals surface area contributed by atoms with E-state index in [-0.39, 0.29) is 23.7 Å². The van der Waals surface area contributed by atoms with Crippen LogP contribution in [0.2, 0.25) is 0 Å². The fraction of sp³-hybridized carbons (Fsp3) is 0.533. The van der Waals surface area contributed by atoms with Crippen molar-refractivity contribution in [3.63, 3.8) is 0 Å². The van der Waals surface area contributed by atoms with E-state index in [1.165, 1.54) is 6.07 Å². The zero-order valence-electron chi connectivity index (χ0n) is 11.2. The molecule has 2 rings (SSSR count). The maximum Gasteiger partial charge on any atom is 0.220 e. The van der Waals surface area contributed by atoms with E-state index in [4.69, 9.17) is 5.73 Å². The van der Waals surface area contributed by atoms with Crippen molar-refractivity contribution in [3.8, 4) is 0 Å². The van der Waals surface area contributed by atoms with Crippen molar-refractivity contribution in [2.75, 3.05) is 6.54 Å². The predicted molar refractivity (Wildman–Crippen MR) is 73.1 cm³/mol. The maximum atomic E-state index is 13.6. The van der Waals surface area contributed by atoms with Gasteiger partial charge >= 0.3 is 0 Å². The van der Waals surface area contributed by atoms with Crippen LogP contribution >= 0.6 is 0 Å². The molecule has 3 nitrogen and oxygen atoms in total. The molecular formula is C15H21FN2O. The molecule has 1 aliphatic rings. The molecule has 1 saturated carbocycles. The van der Waals surface area contributed by atoms with E-state index in [1.54, 1.807) is 18.2 Å². The number of nitrogens with one attached hydrogen (secondary N) is 1. The van der Waals surface area contributed by atoms with E-state index < -0.39 is 0 Å². The summed E-state index contributed by atoms with van der Waals surface area (Å²) in [5.74, 6) is 0.120. The Kier molecular flexibility index (Phi) is 4.53. The number of halogens is 1. The van der Waals surface area contributed by atoms with Crippen LogP contribution < -0.4 is 11.1 Å². The number of hydrogen-bond donors (Lipinski definition) is 2. The molecular weight excluding hydrogens is 243 g/mol. The molecule has 1 amide bonds. The lowest BCUT2D eigenvalue weighted by Crippen LogP contribution is -2.42. The van der Waals surface area contributed by atoms with Crippen molar-refractivity contribution in [1.82, 2.24) is 5.32 Å². The van der Waals surface area contributed by atoms with Crippen molar-refractivity contribution in [1.29, 1.82) is 0 Å². The normalized spacial score (nSPS) is 17.8. The highest BCUT2D eigenvalue weighted by Gasteiger charge is 2.31. The fourth-order valence-corrected chi connectivity index (χ4v) is 2.40. The first-order valence-electron chi connectivity index (χ1n) is 6.85. The molecule has 0 aliphatic heterocycles. The summed E-state index contributed by atoms with van der Waals surface area (Å²) in [5, 5.41) is 2.96. The van der Waals surface area contributed by atoms with Crippen LogP contribution in [0.15, 0.2) is 24.3 Å².